The lowest BCUT2D eigenvalue weighted by molar-refractivity contribution is 1.34. The van der Waals surface area contributed by atoms with Crippen LogP contribution in [0.25, 0.3) is 31.8 Å². The monoisotopic (exact) mass is 287 g/mol. The maximum Gasteiger partial charge on any atom is 0.0802 e. The highest BCUT2D eigenvalue weighted by Crippen LogP contribution is 2.32. The van der Waals surface area contributed by atoms with Crippen LogP contribution in [0.1, 0.15) is 0 Å². The van der Waals surface area contributed by atoms with E-state index >= 15 is 0 Å². The summed E-state index contributed by atoms with van der Waals surface area (Å²) in [5, 5.41) is 1.28. The summed E-state index contributed by atoms with van der Waals surface area (Å²) in [5.74, 6) is 0. The van der Waals surface area contributed by atoms with Crippen molar-refractivity contribution >= 4 is 21.4 Å². The van der Waals surface area contributed by atoms with Gasteiger partial charge in [0, 0.05) is 16.5 Å². The Morgan fingerprint density at radius 2 is 1.52 bits per heavy atom. The number of benzene rings is 2. The minimum absolute atomic E-state index is 1.04. The van der Waals surface area contributed by atoms with E-state index < -0.39 is 0 Å². The summed E-state index contributed by atoms with van der Waals surface area (Å²) in [7, 11) is 0. The van der Waals surface area contributed by atoms with Gasteiger partial charge in [-0.3, -0.25) is 4.98 Å². The van der Waals surface area contributed by atoms with Crippen LogP contribution < -0.4 is 0 Å². The first-order chi connectivity index (χ1) is 10.4. The molecule has 0 bridgehead atoms. The molecule has 0 aliphatic carbocycles. The van der Waals surface area contributed by atoms with Crippen molar-refractivity contribution in [2.24, 2.45) is 0 Å². The summed E-state index contributed by atoms with van der Waals surface area (Å²) in [6, 6.07) is 25.3. The summed E-state index contributed by atoms with van der Waals surface area (Å²) in [6.45, 7) is 0. The first-order valence-corrected chi connectivity index (χ1v) is 7.72. The molecule has 21 heavy (non-hydrogen) atoms. The number of aromatic nitrogens is 1. The zero-order chi connectivity index (χ0) is 14.1. The van der Waals surface area contributed by atoms with Crippen molar-refractivity contribution in [2.45, 2.75) is 0 Å². The molecule has 4 rings (SSSR count). The van der Waals surface area contributed by atoms with Gasteiger partial charge in [-0.15, -0.1) is 11.3 Å². The van der Waals surface area contributed by atoms with E-state index in [9.17, 15) is 0 Å². The lowest BCUT2D eigenvalue weighted by Gasteiger charge is -2.02. The fraction of sp³-hybridized carbons (Fsp3) is 0. The third kappa shape index (κ3) is 2.34. The van der Waals surface area contributed by atoms with Gasteiger partial charge in [0.05, 0.1) is 10.6 Å². The molecule has 0 aliphatic heterocycles. The molecule has 0 N–H and O–H groups in total. The van der Waals surface area contributed by atoms with E-state index in [-0.39, 0.29) is 0 Å². The summed E-state index contributed by atoms with van der Waals surface area (Å²) < 4.78 is 1.31. The highest BCUT2D eigenvalue weighted by molar-refractivity contribution is 7.22. The third-order valence-corrected chi connectivity index (χ3v) is 4.69. The molecule has 4 aromatic rings. The van der Waals surface area contributed by atoms with Crippen LogP contribution in [0, 0.1) is 0 Å². The zero-order valence-corrected chi connectivity index (χ0v) is 12.2. The van der Waals surface area contributed by atoms with Gasteiger partial charge in [-0.25, -0.2) is 0 Å². The molecular formula is C19H13NS. The number of thiophene rings is 1. The molecule has 0 aliphatic rings. The molecule has 0 fully saturated rings. The van der Waals surface area contributed by atoms with Crippen LogP contribution in [0.2, 0.25) is 0 Å². The number of pyridine rings is 1. The van der Waals surface area contributed by atoms with Gasteiger partial charge >= 0.3 is 0 Å². The van der Waals surface area contributed by atoms with Crippen molar-refractivity contribution in [1.82, 2.24) is 4.98 Å². The minimum atomic E-state index is 1.04. The fourth-order valence-corrected chi connectivity index (χ4v) is 3.49. The Morgan fingerprint density at radius 1 is 0.714 bits per heavy atom. The topological polar surface area (TPSA) is 12.9 Å². The summed E-state index contributed by atoms with van der Waals surface area (Å²) in [6.07, 6.45) is 1.95. The first-order valence-electron chi connectivity index (χ1n) is 6.90. The van der Waals surface area contributed by atoms with Crippen LogP contribution in [0.15, 0.2) is 79.0 Å². The average Bonchev–Trinajstić information content (AvgIpc) is 3.00. The SMILES string of the molecule is c1ccc(-c2ccc(-c3cc4ccccc4s3)nc2)cc1. The maximum absolute atomic E-state index is 4.63. The number of hydrogen-bond acceptors (Lipinski definition) is 2. The van der Waals surface area contributed by atoms with Crippen LogP contribution in [-0.2, 0) is 0 Å². The normalized spacial score (nSPS) is 10.9. The maximum atomic E-state index is 4.63. The molecule has 0 unspecified atom stereocenters. The molecule has 100 valence electrons. The fourth-order valence-electron chi connectivity index (χ4n) is 2.45. The van der Waals surface area contributed by atoms with Gasteiger partial charge in [0.1, 0.15) is 0 Å². The molecule has 0 saturated heterocycles. The van der Waals surface area contributed by atoms with Gasteiger partial charge in [-0.2, -0.15) is 0 Å². The Morgan fingerprint density at radius 3 is 2.29 bits per heavy atom. The molecule has 0 atom stereocenters. The standard InChI is InChI=1S/C19H13NS/c1-2-6-14(7-3-1)16-10-11-17(20-13-16)19-12-15-8-4-5-9-18(15)21-19/h1-13H. The van der Waals surface area contributed by atoms with Crippen LogP contribution in [-0.4, -0.2) is 4.98 Å². The van der Waals surface area contributed by atoms with Crippen molar-refractivity contribution in [3.63, 3.8) is 0 Å². The van der Waals surface area contributed by atoms with Gasteiger partial charge in [-0.05, 0) is 29.1 Å². The van der Waals surface area contributed by atoms with Gasteiger partial charge in [0.25, 0.3) is 0 Å². The summed E-state index contributed by atoms with van der Waals surface area (Å²) in [4.78, 5) is 5.85. The second-order valence-electron chi connectivity index (χ2n) is 4.95. The smallest absolute Gasteiger partial charge is 0.0802 e. The Balaban J connectivity index is 1.73. The van der Waals surface area contributed by atoms with E-state index in [1.807, 2.05) is 12.3 Å². The van der Waals surface area contributed by atoms with Crippen LogP contribution >= 0.6 is 11.3 Å². The van der Waals surface area contributed by atoms with Crippen LogP contribution in [0.5, 0.6) is 0 Å². The minimum Gasteiger partial charge on any atom is -0.255 e. The first kappa shape index (κ1) is 12.3. The number of hydrogen-bond donors (Lipinski definition) is 0. The van der Waals surface area contributed by atoms with Crippen LogP contribution in [0.3, 0.4) is 0 Å². The zero-order valence-electron chi connectivity index (χ0n) is 11.4. The molecule has 0 spiro atoms. The highest BCUT2D eigenvalue weighted by atomic mass is 32.1. The molecule has 2 heterocycles. The number of rotatable bonds is 2. The Bertz CT molecular complexity index is 843. The van der Waals surface area contributed by atoms with Crippen molar-refractivity contribution < 1.29 is 0 Å². The predicted molar refractivity (Wildman–Crippen MR) is 90.5 cm³/mol. The second-order valence-corrected chi connectivity index (χ2v) is 6.03. The van der Waals surface area contributed by atoms with Gasteiger partial charge in [-0.1, -0.05) is 54.6 Å². The molecule has 2 heteroatoms. The van der Waals surface area contributed by atoms with Crippen molar-refractivity contribution in [3.05, 3.63) is 79.0 Å². The predicted octanol–water partition coefficient (Wildman–Crippen LogP) is 5.63. The van der Waals surface area contributed by atoms with E-state index in [2.05, 4.69) is 71.7 Å². The molecule has 0 saturated carbocycles. The van der Waals surface area contributed by atoms with E-state index in [1.165, 1.54) is 20.5 Å². The number of nitrogens with zero attached hydrogens (tertiary/aromatic N) is 1. The van der Waals surface area contributed by atoms with Crippen molar-refractivity contribution in [3.8, 4) is 21.7 Å². The third-order valence-electron chi connectivity index (χ3n) is 3.55. The van der Waals surface area contributed by atoms with E-state index in [4.69, 9.17) is 0 Å². The van der Waals surface area contributed by atoms with Gasteiger partial charge in [0.2, 0.25) is 0 Å². The Kier molecular flexibility index (Phi) is 3.02. The van der Waals surface area contributed by atoms with E-state index in [1.54, 1.807) is 11.3 Å². The van der Waals surface area contributed by atoms with E-state index in [0.29, 0.717) is 0 Å². The largest absolute Gasteiger partial charge is 0.255 e. The lowest BCUT2D eigenvalue weighted by atomic mass is 10.1. The molecule has 1 nitrogen and oxygen atoms in total. The van der Waals surface area contributed by atoms with Crippen molar-refractivity contribution in [1.29, 1.82) is 0 Å². The quantitative estimate of drug-likeness (QED) is 0.465. The van der Waals surface area contributed by atoms with Gasteiger partial charge in [0.15, 0.2) is 0 Å². The molecule has 0 radical (unpaired) electrons. The Labute approximate surface area is 127 Å². The average molecular weight is 287 g/mol. The molecule has 2 aromatic carbocycles. The molecular weight excluding hydrogens is 274 g/mol. The van der Waals surface area contributed by atoms with E-state index in [0.717, 1.165) is 11.3 Å². The van der Waals surface area contributed by atoms with Gasteiger partial charge < -0.3 is 0 Å². The summed E-state index contributed by atoms with van der Waals surface area (Å²) in [5.41, 5.74) is 3.39. The lowest BCUT2D eigenvalue weighted by Crippen LogP contribution is -1.82. The number of fused-ring (bicyclic) bond motifs is 1. The molecule has 0 amide bonds. The Hall–Kier alpha value is -2.45. The van der Waals surface area contributed by atoms with Crippen LogP contribution in [0.4, 0.5) is 0 Å². The molecule has 2 aromatic heterocycles. The van der Waals surface area contributed by atoms with Crippen molar-refractivity contribution in [2.75, 3.05) is 0 Å². The summed E-state index contributed by atoms with van der Waals surface area (Å²) >= 11 is 1.79. The second kappa shape index (κ2) is 5.15. The highest BCUT2D eigenvalue weighted by Gasteiger charge is 2.05.